The van der Waals surface area contributed by atoms with E-state index < -0.39 is 11.7 Å². The number of likely N-dealkylation sites (tertiary alicyclic amines) is 1. The van der Waals surface area contributed by atoms with Crippen LogP contribution in [0.2, 0.25) is 0 Å². The number of hydrogen-bond acceptors (Lipinski definition) is 4. The van der Waals surface area contributed by atoms with Crippen molar-refractivity contribution >= 4 is 6.09 Å². The number of carbonyl (C=O) groups excluding carboxylic acids is 1. The molecule has 0 bridgehead atoms. The Morgan fingerprint density at radius 1 is 1.53 bits per heavy atom. The molecule has 1 fully saturated rings. The predicted molar refractivity (Wildman–Crippen MR) is 69.7 cm³/mol. The van der Waals surface area contributed by atoms with Crippen LogP contribution in [0.4, 0.5) is 4.79 Å². The van der Waals surface area contributed by atoms with E-state index in [2.05, 4.69) is 0 Å². The van der Waals surface area contributed by atoms with Crippen molar-refractivity contribution in [2.24, 2.45) is 5.92 Å². The molecule has 1 aromatic rings. The van der Waals surface area contributed by atoms with Gasteiger partial charge in [-0.25, -0.2) is 4.79 Å². The number of hydrogen-bond donors (Lipinski definition) is 1. The highest BCUT2D eigenvalue weighted by Gasteiger charge is 2.36. The Hall–Kier alpha value is -1.49. The fourth-order valence-electron chi connectivity index (χ4n) is 2.22. The average Bonchev–Trinajstić information content (AvgIpc) is 2.88. The Kier molecular flexibility index (Phi) is 3.85. The smallest absolute Gasteiger partial charge is 0.410 e. The fraction of sp³-hybridized carbons (Fsp3) is 0.643. The highest BCUT2D eigenvalue weighted by atomic mass is 16.6. The van der Waals surface area contributed by atoms with Gasteiger partial charge < -0.3 is 19.2 Å². The van der Waals surface area contributed by atoms with Crippen LogP contribution in [0.15, 0.2) is 22.8 Å². The Morgan fingerprint density at radius 3 is 2.84 bits per heavy atom. The summed E-state index contributed by atoms with van der Waals surface area (Å²) in [6.45, 7) is 6.31. The number of amides is 1. The van der Waals surface area contributed by atoms with E-state index in [9.17, 15) is 9.90 Å². The van der Waals surface area contributed by atoms with Crippen molar-refractivity contribution in [3.63, 3.8) is 0 Å². The molecule has 0 aromatic carbocycles. The summed E-state index contributed by atoms with van der Waals surface area (Å²) in [7, 11) is 0. The van der Waals surface area contributed by atoms with Crippen LogP contribution >= 0.6 is 0 Å². The summed E-state index contributed by atoms with van der Waals surface area (Å²) in [6, 6.07) is 3.70. The Labute approximate surface area is 113 Å². The van der Waals surface area contributed by atoms with Crippen LogP contribution in [0, 0.1) is 5.92 Å². The number of ether oxygens (including phenoxy) is 1. The first-order chi connectivity index (χ1) is 8.85. The molecule has 1 aromatic heterocycles. The molecule has 106 valence electrons. The summed E-state index contributed by atoms with van der Waals surface area (Å²) in [6.07, 6.45) is 1.35. The van der Waals surface area contributed by atoms with Gasteiger partial charge in [-0.1, -0.05) is 0 Å². The van der Waals surface area contributed by atoms with Crippen molar-refractivity contribution in [3.8, 4) is 0 Å². The van der Waals surface area contributed by atoms with Crippen molar-refractivity contribution in [1.82, 2.24) is 4.90 Å². The molecule has 2 atom stereocenters. The number of β-amino-alcohol motifs (C(OH)–C–C–N with tert-alkyl or cyclic N) is 1. The number of rotatable bonds is 2. The van der Waals surface area contributed by atoms with Crippen LogP contribution in [0.25, 0.3) is 0 Å². The van der Waals surface area contributed by atoms with Gasteiger partial charge in [-0.3, -0.25) is 0 Å². The summed E-state index contributed by atoms with van der Waals surface area (Å²) in [5.41, 5.74) is -0.513. The van der Waals surface area contributed by atoms with Gasteiger partial charge in [-0.2, -0.15) is 0 Å². The molecule has 2 rings (SSSR count). The lowest BCUT2D eigenvalue weighted by atomic mass is 10.0. The number of nitrogens with zero attached hydrogens (tertiary/aromatic N) is 1. The molecule has 1 aliphatic heterocycles. The highest BCUT2D eigenvalue weighted by Crippen LogP contribution is 2.23. The summed E-state index contributed by atoms with van der Waals surface area (Å²) < 4.78 is 10.6. The van der Waals surface area contributed by atoms with Crippen LogP contribution in [0.1, 0.15) is 26.5 Å². The van der Waals surface area contributed by atoms with Gasteiger partial charge in [-0.15, -0.1) is 0 Å². The van der Waals surface area contributed by atoms with Crippen LogP contribution in [-0.4, -0.2) is 40.9 Å². The number of carbonyl (C=O) groups is 1. The van der Waals surface area contributed by atoms with Gasteiger partial charge in [0.2, 0.25) is 0 Å². The van der Waals surface area contributed by atoms with E-state index in [4.69, 9.17) is 9.15 Å². The van der Waals surface area contributed by atoms with Gasteiger partial charge >= 0.3 is 6.09 Å². The first kappa shape index (κ1) is 13.9. The maximum absolute atomic E-state index is 11.9. The third kappa shape index (κ3) is 3.73. The maximum Gasteiger partial charge on any atom is 0.410 e. The second-order valence-electron chi connectivity index (χ2n) is 6.00. The highest BCUT2D eigenvalue weighted by molar-refractivity contribution is 5.68. The van der Waals surface area contributed by atoms with Crippen molar-refractivity contribution in [3.05, 3.63) is 24.2 Å². The topological polar surface area (TPSA) is 62.9 Å². The van der Waals surface area contributed by atoms with Crippen molar-refractivity contribution < 1.29 is 19.1 Å². The lowest BCUT2D eigenvalue weighted by Crippen LogP contribution is -2.35. The summed E-state index contributed by atoms with van der Waals surface area (Å²) in [5.74, 6) is 0.828. The molecule has 19 heavy (non-hydrogen) atoms. The summed E-state index contributed by atoms with van der Waals surface area (Å²) in [4.78, 5) is 13.5. The molecule has 1 aliphatic rings. The molecule has 5 nitrogen and oxygen atoms in total. The second-order valence-corrected chi connectivity index (χ2v) is 6.00. The molecular formula is C14H21NO4. The fourth-order valence-corrected chi connectivity index (χ4v) is 2.22. The van der Waals surface area contributed by atoms with Gasteiger partial charge in [0, 0.05) is 18.9 Å². The van der Waals surface area contributed by atoms with E-state index in [0.717, 1.165) is 5.76 Å². The minimum Gasteiger partial charge on any atom is -0.469 e. The number of aliphatic hydroxyl groups is 1. The van der Waals surface area contributed by atoms with Gasteiger partial charge in [0.25, 0.3) is 0 Å². The first-order valence-electron chi connectivity index (χ1n) is 6.53. The first-order valence-corrected chi connectivity index (χ1v) is 6.53. The minimum absolute atomic E-state index is 0.00123. The zero-order valence-electron chi connectivity index (χ0n) is 11.6. The van der Waals surface area contributed by atoms with Gasteiger partial charge in [0.1, 0.15) is 11.4 Å². The standard InChI is InChI=1S/C14H21NO4/c1-14(2,3)19-13(17)15-8-10(12(16)9-15)7-11-5-4-6-18-11/h4-6,10,12,16H,7-9H2,1-3H3. The molecule has 0 radical (unpaired) electrons. The second kappa shape index (κ2) is 5.25. The SMILES string of the molecule is CC(C)(C)OC(=O)N1CC(O)C(Cc2ccco2)C1. The zero-order valence-corrected chi connectivity index (χ0v) is 11.6. The predicted octanol–water partition coefficient (Wildman–Crippen LogP) is 2.05. The molecule has 2 unspecified atom stereocenters. The molecule has 1 amide bonds. The minimum atomic E-state index is -0.530. The van der Waals surface area contributed by atoms with E-state index in [0.29, 0.717) is 19.5 Å². The normalized spacial score (nSPS) is 23.7. The van der Waals surface area contributed by atoms with Crippen molar-refractivity contribution in [2.75, 3.05) is 13.1 Å². The lowest BCUT2D eigenvalue weighted by Gasteiger charge is -2.24. The molecule has 2 heterocycles. The van der Waals surface area contributed by atoms with E-state index in [1.54, 1.807) is 11.2 Å². The van der Waals surface area contributed by atoms with Crippen LogP contribution in [0.5, 0.6) is 0 Å². The number of aliphatic hydroxyl groups excluding tert-OH is 1. The van der Waals surface area contributed by atoms with E-state index >= 15 is 0 Å². The Bertz CT molecular complexity index is 421. The summed E-state index contributed by atoms with van der Waals surface area (Å²) in [5, 5.41) is 10.0. The maximum atomic E-state index is 11.9. The third-order valence-electron chi connectivity index (χ3n) is 3.10. The Balaban J connectivity index is 1.91. The monoisotopic (exact) mass is 267 g/mol. The largest absolute Gasteiger partial charge is 0.469 e. The molecular weight excluding hydrogens is 246 g/mol. The lowest BCUT2D eigenvalue weighted by molar-refractivity contribution is 0.0269. The molecule has 5 heteroatoms. The molecule has 1 N–H and O–H groups in total. The van der Waals surface area contributed by atoms with Crippen LogP contribution in [0.3, 0.4) is 0 Å². The van der Waals surface area contributed by atoms with E-state index in [1.807, 2.05) is 32.9 Å². The Morgan fingerprint density at radius 2 is 2.26 bits per heavy atom. The molecule has 1 saturated heterocycles. The molecule has 0 spiro atoms. The summed E-state index contributed by atoms with van der Waals surface area (Å²) >= 11 is 0. The van der Waals surface area contributed by atoms with E-state index in [1.165, 1.54) is 0 Å². The van der Waals surface area contributed by atoms with Gasteiger partial charge in [0.15, 0.2) is 0 Å². The van der Waals surface area contributed by atoms with Gasteiger partial charge in [-0.05, 0) is 32.9 Å². The van der Waals surface area contributed by atoms with Gasteiger partial charge in [0.05, 0.1) is 18.9 Å². The van der Waals surface area contributed by atoms with E-state index in [-0.39, 0.29) is 12.0 Å². The number of furan rings is 1. The molecule has 0 aliphatic carbocycles. The van der Waals surface area contributed by atoms with Crippen molar-refractivity contribution in [2.45, 2.75) is 38.9 Å². The van der Waals surface area contributed by atoms with Crippen molar-refractivity contribution in [1.29, 1.82) is 0 Å². The average molecular weight is 267 g/mol. The van der Waals surface area contributed by atoms with Crippen LogP contribution < -0.4 is 0 Å². The molecule has 0 saturated carbocycles. The third-order valence-corrected chi connectivity index (χ3v) is 3.10. The quantitative estimate of drug-likeness (QED) is 0.890. The van der Waals surface area contributed by atoms with Crippen LogP contribution in [-0.2, 0) is 11.2 Å². The zero-order chi connectivity index (χ0) is 14.0.